The molecule has 0 spiro atoms. The average Bonchev–Trinajstić information content (AvgIpc) is 3.41. The molecule has 0 aliphatic carbocycles. The number of carbonyl (C=O) groups excluding carboxylic acids is 3. The summed E-state index contributed by atoms with van der Waals surface area (Å²) in [6.45, 7) is 6.06. The van der Waals surface area contributed by atoms with Crippen molar-refractivity contribution in [2.45, 2.75) is 63.7 Å². The number of carbonyl (C=O) groups is 3. The van der Waals surface area contributed by atoms with Crippen molar-refractivity contribution in [3.63, 3.8) is 0 Å². The van der Waals surface area contributed by atoms with Crippen molar-refractivity contribution in [1.29, 1.82) is 5.26 Å². The van der Waals surface area contributed by atoms with Crippen molar-refractivity contribution in [2.75, 3.05) is 32.1 Å². The molecular formula is C37H40Cl2F2N4O8. The molecule has 3 aromatic rings. The average molecular weight is 778 g/mol. The summed E-state index contributed by atoms with van der Waals surface area (Å²) in [7, 11) is 1.29. The van der Waals surface area contributed by atoms with E-state index in [-0.39, 0.29) is 75.8 Å². The number of nitriles is 1. The maximum absolute atomic E-state index is 16.4. The Morgan fingerprint density at radius 1 is 1.11 bits per heavy atom. The number of aliphatic hydroxyl groups excluding tert-OH is 1. The molecule has 12 nitrogen and oxygen atoms in total. The van der Waals surface area contributed by atoms with Gasteiger partial charge in [0.2, 0.25) is 12.2 Å². The zero-order valence-electron chi connectivity index (χ0n) is 29.6. The third kappa shape index (κ3) is 8.50. The summed E-state index contributed by atoms with van der Waals surface area (Å²) in [5.74, 6) is -3.35. The number of amides is 2. The fraction of sp³-hybridized carbons (Fsp3) is 0.405. The van der Waals surface area contributed by atoms with Gasteiger partial charge in [0.1, 0.15) is 22.8 Å². The topological polar surface area (TPSA) is 170 Å². The second-order valence-corrected chi connectivity index (χ2v) is 14.6. The van der Waals surface area contributed by atoms with E-state index < -0.39 is 58.2 Å². The lowest BCUT2D eigenvalue weighted by molar-refractivity contribution is -0.121. The van der Waals surface area contributed by atoms with Gasteiger partial charge in [-0.1, -0.05) is 62.2 Å². The van der Waals surface area contributed by atoms with Gasteiger partial charge in [0.15, 0.2) is 0 Å². The molecule has 53 heavy (non-hydrogen) atoms. The smallest absolute Gasteiger partial charge is 0.436 e. The number of hydrogen-bond acceptors (Lipinski definition) is 10. The van der Waals surface area contributed by atoms with Gasteiger partial charge < -0.3 is 30.0 Å². The molecule has 1 unspecified atom stereocenters. The molecule has 4 rings (SSSR count). The van der Waals surface area contributed by atoms with Crippen LogP contribution in [0.5, 0.6) is 5.75 Å². The van der Waals surface area contributed by atoms with E-state index in [0.717, 1.165) is 6.07 Å². The van der Waals surface area contributed by atoms with Crippen molar-refractivity contribution in [3.8, 4) is 11.8 Å². The number of methoxy groups -OCH3 is 1. The summed E-state index contributed by atoms with van der Waals surface area (Å²) in [5, 5.41) is 35.5. The van der Waals surface area contributed by atoms with Gasteiger partial charge in [0, 0.05) is 36.1 Å². The number of esters is 1. The standard InChI is InChI=1S/C37H40Cl2F2N4O8/c1-21(53-34(49)45(50)14-7-15-46)52-33(48)22-10-13-28(29(16-22)51-5)44-32(47)31-37(18-35(2,3)4,25-8-6-9-26(39)30(25)41)36(19-42,20-43-31)24-12-11-23(38)17-27(24)40/h6,8-13,16-17,21,31,43,46,50H,7,14-15,18,20H2,1-5H3,(H,44,47)/t21?,31-,36+,37-/m0/s1. The zero-order valence-corrected chi connectivity index (χ0v) is 31.1. The zero-order chi connectivity index (χ0) is 39.3. The van der Waals surface area contributed by atoms with E-state index >= 15 is 8.78 Å². The van der Waals surface area contributed by atoms with Crippen LogP contribution in [0.15, 0.2) is 54.6 Å². The van der Waals surface area contributed by atoms with Gasteiger partial charge in [-0.15, -0.1) is 0 Å². The molecule has 1 fully saturated rings. The highest BCUT2D eigenvalue weighted by atomic mass is 35.5. The maximum Gasteiger partial charge on any atom is 0.436 e. The van der Waals surface area contributed by atoms with Gasteiger partial charge in [-0.2, -0.15) is 10.3 Å². The minimum absolute atomic E-state index is 0.00186. The van der Waals surface area contributed by atoms with Gasteiger partial charge in [-0.05, 0) is 60.2 Å². The normalized spacial score (nSPS) is 20.2. The van der Waals surface area contributed by atoms with Crippen molar-refractivity contribution in [2.24, 2.45) is 5.41 Å². The lowest BCUT2D eigenvalue weighted by Crippen LogP contribution is -2.58. The number of aliphatic hydroxyl groups is 1. The summed E-state index contributed by atoms with van der Waals surface area (Å²) in [4.78, 5) is 39.4. The molecule has 0 bridgehead atoms. The molecule has 284 valence electrons. The van der Waals surface area contributed by atoms with E-state index in [1.165, 1.54) is 62.6 Å². The van der Waals surface area contributed by atoms with Crippen LogP contribution in [-0.2, 0) is 25.1 Å². The Labute approximate surface area is 315 Å². The predicted molar refractivity (Wildman–Crippen MR) is 191 cm³/mol. The van der Waals surface area contributed by atoms with Crippen LogP contribution >= 0.6 is 23.2 Å². The van der Waals surface area contributed by atoms with Gasteiger partial charge in [0.05, 0.1) is 42.0 Å². The van der Waals surface area contributed by atoms with Gasteiger partial charge >= 0.3 is 12.1 Å². The van der Waals surface area contributed by atoms with Crippen LogP contribution in [0.1, 0.15) is 62.0 Å². The first-order chi connectivity index (χ1) is 24.9. The molecule has 2 amide bonds. The number of nitrogens with one attached hydrogen (secondary N) is 2. The number of hydroxylamine groups is 2. The highest BCUT2D eigenvalue weighted by Gasteiger charge is 2.67. The van der Waals surface area contributed by atoms with Crippen molar-refractivity contribution in [1.82, 2.24) is 10.4 Å². The van der Waals surface area contributed by atoms with E-state index in [9.17, 15) is 24.9 Å². The fourth-order valence-corrected chi connectivity index (χ4v) is 7.16. The largest absolute Gasteiger partial charge is 0.495 e. The second kappa shape index (κ2) is 16.7. The fourth-order valence-electron chi connectivity index (χ4n) is 6.82. The quantitative estimate of drug-likeness (QED) is 0.0669. The minimum atomic E-state index is -1.87. The van der Waals surface area contributed by atoms with Crippen LogP contribution in [0, 0.1) is 28.4 Å². The number of rotatable bonds is 12. The Hall–Kier alpha value is -4.52. The molecule has 1 heterocycles. The van der Waals surface area contributed by atoms with Crippen molar-refractivity contribution in [3.05, 3.63) is 93.0 Å². The summed E-state index contributed by atoms with van der Waals surface area (Å²) in [6.07, 6.45) is -2.53. The first-order valence-corrected chi connectivity index (χ1v) is 17.2. The van der Waals surface area contributed by atoms with Crippen molar-refractivity contribution >= 4 is 46.9 Å². The predicted octanol–water partition coefficient (Wildman–Crippen LogP) is 6.74. The number of ether oxygens (including phenoxy) is 3. The molecular weight excluding hydrogens is 737 g/mol. The third-order valence-corrected chi connectivity index (χ3v) is 9.41. The molecule has 0 saturated carbocycles. The lowest BCUT2D eigenvalue weighted by atomic mass is 9.52. The Bertz CT molecular complexity index is 1910. The molecule has 16 heteroatoms. The molecule has 1 aliphatic rings. The summed E-state index contributed by atoms with van der Waals surface area (Å²) < 4.78 is 47.8. The molecule has 4 N–H and O–H groups in total. The number of hydrogen-bond donors (Lipinski definition) is 4. The molecule has 4 atom stereocenters. The maximum atomic E-state index is 16.4. The molecule has 0 aromatic heterocycles. The Kier molecular flexibility index (Phi) is 13.0. The number of nitrogens with zero attached hydrogens (tertiary/aromatic N) is 2. The van der Waals surface area contributed by atoms with Crippen LogP contribution in [0.4, 0.5) is 19.3 Å². The molecule has 3 aromatic carbocycles. The van der Waals surface area contributed by atoms with E-state index in [0.29, 0.717) is 0 Å². The number of anilines is 1. The Morgan fingerprint density at radius 2 is 1.83 bits per heavy atom. The van der Waals surface area contributed by atoms with E-state index in [2.05, 4.69) is 16.7 Å². The second-order valence-electron chi connectivity index (χ2n) is 13.7. The van der Waals surface area contributed by atoms with E-state index in [1.54, 1.807) is 0 Å². The first-order valence-electron chi connectivity index (χ1n) is 16.5. The van der Waals surface area contributed by atoms with Crippen molar-refractivity contribution < 1.29 is 47.7 Å². The summed E-state index contributed by atoms with van der Waals surface area (Å²) in [6, 6.07) is 12.9. The summed E-state index contributed by atoms with van der Waals surface area (Å²) in [5.41, 5.74) is -4.46. The minimum Gasteiger partial charge on any atom is -0.495 e. The number of halogens is 4. The number of benzene rings is 3. The SMILES string of the molecule is COc1cc(C(=O)OC(C)OC(=O)N(O)CCCO)ccc1NC(=O)[C@@H]1NC[C@](C#N)(c2ccc(Cl)cc2F)[C@@]1(CC(C)(C)C)c1cccc(Cl)c1F. The first kappa shape index (κ1) is 41.2. The molecule has 1 aliphatic heterocycles. The Morgan fingerprint density at radius 3 is 2.45 bits per heavy atom. The third-order valence-electron chi connectivity index (χ3n) is 8.88. The molecule has 0 radical (unpaired) electrons. The summed E-state index contributed by atoms with van der Waals surface area (Å²) >= 11 is 12.4. The monoisotopic (exact) mass is 776 g/mol. The Balaban J connectivity index is 1.74. The van der Waals surface area contributed by atoms with Crippen LogP contribution in [0.2, 0.25) is 10.0 Å². The van der Waals surface area contributed by atoms with Crippen LogP contribution in [0.25, 0.3) is 0 Å². The molecule has 1 saturated heterocycles. The van der Waals surface area contributed by atoms with Gasteiger partial charge in [-0.3, -0.25) is 10.0 Å². The van der Waals surface area contributed by atoms with Gasteiger partial charge in [0.25, 0.3) is 0 Å². The van der Waals surface area contributed by atoms with Crippen LogP contribution < -0.4 is 15.4 Å². The van der Waals surface area contributed by atoms with Crippen LogP contribution in [-0.4, -0.2) is 72.5 Å². The van der Waals surface area contributed by atoms with E-state index in [1.807, 2.05) is 20.8 Å². The lowest BCUT2D eigenvalue weighted by Gasteiger charge is -2.47. The highest BCUT2D eigenvalue weighted by molar-refractivity contribution is 6.31. The van der Waals surface area contributed by atoms with Gasteiger partial charge in [-0.25, -0.2) is 18.4 Å². The van der Waals surface area contributed by atoms with Crippen LogP contribution in [0.3, 0.4) is 0 Å². The van der Waals surface area contributed by atoms with E-state index in [4.69, 9.17) is 42.5 Å². The highest BCUT2D eigenvalue weighted by Crippen LogP contribution is 2.57.